The summed E-state index contributed by atoms with van der Waals surface area (Å²) >= 11 is 0. The third kappa shape index (κ3) is 2.96. The van der Waals surface area contributed by atoms with Crippen LogP contribution >= 0.6 is 0 Å². The number of hydrogen-bond acceptors (Lipinski definition) is 1. The van der Waals surface area contributed by atoms with Crippen LogP contribution in [-0.2, 0) is 0 Å². The van der Waals surface area contributed by atoms with E-state index in [4.69, 9.17) is 0 Å². The van der Waals surface area contributed by atoms with Gasteiger partial charge in [0.25, 0.3) is 0 Å². The molecule has 2 aliphatic heterocycles. The van der Waals surface area contributed by atoms with Gasteiger partial charge in [-0.3, -0.25) is 0 Å². The number of piperidine rings is 1. The molecular weight excluding hydrogens is 182 g/mol. The van der Waals surface area contributed by atoms with Gasteiger partial charge in [0.15, 0.2) is 0 Å². The minimum Gasteiger partial charge on any atom is -0.300 e. The van der Waals surface area contributed by atoms with Crippen LogP contribution in [0.4, 0.5) is 0 Å². The van der Waals surface area contributed by atoms with E-state index >= 15 is 0 Å². The Morgan fingerprint density at radius 2 is 1.80 bits per heavy atom. The highest BCUT2D eigenvalue weighted by molar-refractivity contribution is 4.86. The Morgan fingerprint density at radius 3 is 2.60 bits per heavy atom. The first kappa shape index (κ1) is 11.4. The highest BCUT2D eigenvalue weighted by Crippen LogP contribution is 2.37. The summed E-state index contributed by atoms with van der Waals surface area (Å²) in [7, 11) is 0. The summed E-state index contributed by atoms with van der Waals surface area (Å²) in [5, 5.41) is 0. The molecule has 88 valence electrons. The van der Waals surface area contributed by atoms with Gasteiger partial charge in [-0.15, -0.1) is 0 Å². The van der Waals surface area contributed by atoms with Crippen molar-refractivity contribution < 1.29 is 0 Å². The smallest absolute Gasteiger partial charge is 0.0100 e. The van der Waals surface area contributed by atoms with Gasteiger partial charge < -0.3 is 4.90 Å². The zero-order chi connectivity index (χ0) is 10.9. The van der Waals surface area contributed by atoms with E-state index in [1.165, 1.54) is 51.6 Å². The van der Waals surface area contributed by atoms with E-state index in [0.717, 1.165) is 12.0 Å². The second kappa shape index (κ2) is 4.45. The van der Waals surface area contributed by atoms with E-state index < -0.39 is 0 Å². The fourth-order valence-corrected chi connectivity index (χ4v) is 3.74. The van der Waals surface area contributed by atoms with Crippen molar-refractivity contribution in [1.82, 2.24) is 4.90 Å². The fourth-order valence-electron chi connectivity index (χ4n) is 3.74. The molecule has 0 aliphatic carbocycles. The van der Waals surface area contributed by atoms with Gasteiger partial charge in [0.05, 0.1) is 0 Å². The molecule has 2 saturated heterocycles. The molecule has 1 heteroatoms. The number of hydrogen-bond donors (Lipinski definition) is 0. The molecule has 2 atom stereocenters. The Balaban J connectivity index is 2.04. The summed E-state index contributed by atoms with van der Waals surface area (Å²) in [6, 6.07) is 0.904. The van der Waals surface area contributed by atoms with Gasteiger partial charge in [-0.2, -0.15) is 0 Å². The first-order valence-electron chi connectivity index (χ1n) is 6.81. The van der Waals surface area contributed by atoms with Gasteiger partial charge in [0, 0.05) is 6.04 Å². The zero-order valence-corrected chi connectivity index (χ0v) is 10.8. The molecule has 1 nitrogen and oxygen atoms in total. The second-order valence-corrected chi connectivity index (χ2v) is 6.65. The van der Waals surface area contributed by atoms with Gasteiger partial charge in [0.1, 0.15) is 0 Å². The Kier molecular flexibility index (Phi) is 3.39. The molecule has 2 fully saturated rings. The molecule has 0 spiro atoms. The van der Waals surface area contributed by atoms with Crippen molar-refractivity contribution in [2.75, 3.05) is 13.1 Å². The Hall–Kier alpha value is -0.0400. The molecule has 0 radical (unpaired) electrons. The molecule has 2 heterocycles. The minimum atomic E-state index is 0.570. The molecule has 0 aromatic carbocycles. The van der Waals surface area contributed by atoms with Crippen molar-refractivity contribution in [3.8, 4) is 0 Å². The average molecular weight is 209 g/mol. The summed E-state index contributed by atoms with van der Waals surface area (Å²) in [5.41, 5.74) is 0.570. The SMILES string of the molecule is CC1CCN2CCCCC2CC(C)(C)C1. The van der Waals surface area contributed by atoms with Crippen molar-refractivity contribution >= 4 is 0 Å². The predicted octanol–water partition coefficient (Wildman–Crippen LogP) is 3.69. The van der Waals surface area contributed by atoms with Gasteiger partial charge in [-0.05, 0) is 56.5 Å². The molecule has 0 amide bonds. The standard InChI is InChI=1S/C14H27N/c1-12-7-9-15-8-5-4-6-13(15)11-14(2,3)10-12/h12-13H,4-11H2,1-3H3. The Labute approximate surface area is 95.2 Å². The topological polar surface area (TPSA) is 3.24 Å². The third-order valence-electron chi connectivity index (χ3n) is 4.35. The van der Waals surface area contributed by atoms with Crippen LogP contribution < -0.4 is 0 Å². The van der Waals surface area contributed by atoms with Crippen LogP contribution in [0.1, 0.15) is 59.3 Å². The lowest BCUT2D eigenvalue weighted by Crippen LogP contribution is -2.44. The van der Waals surface area contributed by atoms with Gasteiger partial charge >= 0.3 is 0 Å². The van der Waals surface area contributed by atoms with Crippen LogP contribution in [0, 0.1) is 11.3 Å². The summed E-state index contributed by atoms with van der Waals surface area (Å²) in [5.74, 6) is 0.919. The van der Waals surface area contributed by atoms with E-state index in [1.807, 2.05) is 0 Å². The van der Waals surface area contributed by atoms with Crippen molar-refractivity contribution in [3.05, 3.63) is 0 Å². The monoisotopic (exact) mass is 209 g/mol. The maximum atomic E-state index is 2.78. The summed E-state index contributed by atoms with van der Waals surface area (Å²) in [4.78, 5) is 2.78. The van der Waals surface area contributed by atoms with Crippen molar-refractivity contribution in [2.45, 2.75) is 65.3 Å². The lowest BCUT2D eigenvalue weighted by Gasteiger charge is -2.43. The number of nitrogens with zero attached hydrogens (tertiary/aromatic N) is 1. The predicted molar refractivity (Wildman–Crippen MR) is 66.0 cm³/mol. The van der Waals surface area contributed by atoms with E-state index in [1.54, 1.807) is 0 Å². The van der Waals surface area contributed by atoms with E-state index in [9.17, 15) is 0 Å². The highest BCUT2D eigenvalue weighted by atomic mass is 15.2. The molecule has 2 aliphatic rings. The molecule has 0 N–H and O–H groups in total. The van der Waals surface area contributed by atoms with Crippen molar-refractivity contribution in [1.29, 1.82) is 0 Å². The van der Waals surface area contributed by atoms with Crippen LogP contribution in [-0.4, -0.2) is 24.0 Å². The fraction of sp³-hybridized carbons (Fsp3) is 1.00. The van der Waals surface area contributed by atoms with Crippen LogP contribution in [0.5, 0.6) is 0 Å². The van der Waals surface area contributed by atoms with Crippen molar-refractivity contribution in [3.63, 3.8) is 0 Å². The quantitative estimate of drug-likeness (QED) is 0.588. The lowest BCUT2D eigenvalue weighted by atomic mass is 9.74. The summed E-state index contributed by atoms with van der Waals surface area (Å²) in [6.07, 6.45) is 8.63. The van der Waals surface area contributed by atoms with E-state index in [2.05, 4.69) is 25.7 Å². The first-order chi connectivity index (χ1) is 7.07. The summed E-state index contributed by atoms with van der Waals surface area (Å²) in [6.45, 7) is 10.1. The maximum Gasteiger partial charge on any atom is 0.0100 e. The number of rotatable bonds is 0. The van der Waals surface area contributed by atoms with Gasteiger partial charge in [-0.1, -0.05) is 27.2 Å². The van der Waals surface area contributed by atoms with Gasteiger partial charge in [-0.25, -0.2) is 0 Å². The molecule has 0 saturated carbocycles. The van der Waals surface area contributed by atoms with Crippen LogP contribution in [0.2, 0.25) is 0 Å². The summed E-state index contributed by atoms with van der Waals surface area (Å²) < 4.78 is 0. The Bertz CT molecular complexity index is 209. The molecular formula is C14H27N. The highest BCUT2D eigenvalue weighted by Gasteiger charge is 2.32. The largest absolute Gasteiger partial charge is 0.300 e. The third-order valence-corrected chi connectivity index (χ3v) is 4.35. The average Bonchev–Trinajstić information content (AvgIpc) is 2.13. The van der Waals surface area contributed by atoms with Gasteiger partial charge in [0.2, 0.25) is 0 Å². The molecule has 0 aromatic rings. The maximum absolute atomic E-state index is 2.78. The number of fused-ring (bicyclic) bond motifs is 1. The molecule has 0 aromatic heterocycles. The van der Waals surface area contributed by atoms with E-state index in [-0.39, 0.29) is 0 Å². The zero-order valence-electron chi connectivity index (χ0n) is 10.8. The lowest BCUT2D eigenvalue weighted by molar-refractivity contribution is 0.0664. The normalized spacial score (nSPS) is 37.8. The minimum absolute atomic E-state index is 0.570. The van der Waals surface area contributed by atoms with Crippen molar-refractivity contribution in [2.24, 2.45) is 11.3 Å². The molecule has 2 unspecified atom stereocenters. The second-order valence-electron chi connectivity index (χ2n) is 6.65. The van der Waals surface area contributed by atoms with E-state index in [0.29, 0.717) is 5.41 Å². The Morgan fingerprint density at radius 1 is 1.00 bits per heavy atom. The molecule has 0 bridgehead atoms. The van der Waals surface area contributed by atoms with Crippen LogP contribution in [0.15, 0.2) is 0 Å². The molecule has 2 rings (SSSR count). The molecule has 15 heavy (non-hydrogen) atoms. The first-order valence-corrected chi connectivity index (χ1v) is 6.81. The van der Waals surface area contributed by atoms with Crippen LogP contribution in [0.3, 0.4) is 0 Å². The van der Waals surface area contributed by atoms with Crippen LogP contribution in [0.25, 0.3) is 0 Å².